The van der Waals surface area contributed by atoms with Crippen LogP contribution < -0.4 is 4.18 Å². The zero-order valence-corrected chi connectivity index (χ0v) is 20.6. The molecule has 176 valence electrons. The third kappa shape index (κ3) is 5.53. The van der Waals surface area contributed by atoms with E-state index < -0.39 is 20.2 Å². The van der Waals surface area contributed by atoms with E-state index in [-0.39, 0.29) is 32.9 Å². The Morgan fingerprint density at radius 2 is 1.41 bits per heavy atom. The van der Waals surface area contributed by atoms with Crippen LogP contribution >= 0.6 is 0 Å². The molecule has 0 aromatic heterocycles. The molecule has 0 atom stereocenters. The van der Waals surface area contributed by atoms with Gasteiger partial charge in [0.2, 0.25) is 0 Å². The summed E-state index contributed by atoms with van der Waals surface area (Å²) in [5.74, 6) is -0.0537. The largest absolute Gasteiger partial charge is 0.744 e. The fourth-order valence-electron chi connectivity index (χ4n) is 4.29. The highest BCUT2D eigenvalue weighted by atomic mass is 32.2. The SMILES string of the molecule is CC(C)c1cc(S(=O)(=O)[O-])c(C(C)C)cc1OS(=O)(=O)c1ccc(C2CCCCC2)cc1. The quantitative estimate of drug-likeness (QED) is 0.375. The number of hydrogen-bond donors (Lipinski definition) is 0. The van der Waals surface area contributed by atoms with E-state index in [9.17, 15) is 21.4 Å². The second kappa shape index (κ2) is 9.53. The van der Waals surface area contributed by atoms with Crippen LogP contribution in [0, 0.1) is 0 Å². The predicted octanol–water partition coefficient (Wildman–Crippen LogP) is 5.65. The van der Waals surface area contributed by atoms with Crippen LogP contribution in [-0.4, -0.2) is 21.4 Å². The first-order valence-corrected chi connectivity index (χ1v) is 13.9. The molecule has 0 heterocycles. The van der Waals surface area contributed by atoms with Gasteiger partial charge in [-0.3, -0.25) is 0 Å². The van der Waals surface area contributed by atoms with Gasteiger partial charge in [-0.1, -0.05) is 59.1 Å². The topological polar surface area (TPSA) is 101 Å². The number of rotatable bonds is 7. The summed E-state index contributed by atoms with van der Waals surface area (Å²) in [5.41, 5.74) is 1.73. The monoisotopic (exact) mass is 479 g/mol. The van der Waals surface area contributed by atoms with E-state index in [0.29, 0.717) is 11.5 Å². The van der Waals surface area contributed by atoms with Gasteiger partial charge in [0, 0.05) is 0 Å². The van der Waals surface area contributed by atoms with Crippen LogP contribution in [-0.2, 0) is 20.2 Å². The van der Waals surface area contributed by atoms with E-state index in [1.54, 1.807) is 39.8 Å². The third-order valence-electron chi connectivity index (χ3n) is 6.10. The fraction of sp³-hybridized carbons (Fsp3) is 0.500. The van der Waals surface area contributed by atoms with Crippen molar-refractivity contribution in [1.29, 1.82) is 0 Å². The highest BCUT2D eigenvalue weighted by Gasteiger charge is 2.24. The van der Waals surface area contributed by atoms with Crippen molar-refractivity contribution in [3.8, 4) is 5.75 Å². The molecular formula is C24H31O6S2-. The maximum absolute atomic E-state index is 13.0. The summed E-state index contributed by atoms with van der Waals surface area (Å²) in [7, 11) is -8.85. The number of benzene rings is 2. The molecule has 0 aliphatic heterocycles. The molecule has 2 aromatic carbocycles. The summed E-state index contributed by atoms with van der Waals surface area (Å²) in [6.45, 7) is 7.04. The van der Waals surface area contributed by atoms with Gasteiger partial charge in [0.1, 0.15) is 20.8 Å². The molecule has 1 aliphatic carbocycles. The molecule has 1 fully saturated rings. The van der Waals surface area contributed by atoms with Crippen molar-refractivity contribution in [1.82, 2.24) is 0 Å². The van der Waals surface area contributed by atoms with Crippen molar-refractivity contribution in [2.24, 2.45) is 0 Å². The summed E-state index contributed by atoms with van der Waals surface area (Å²) < 4.78 is 66.9. The van der Waals surface area contributed by atoms with Crippen molar-refractivity contribution in [2.75, 3.05) is 0 Å². The van der Waals surface area contributed by atoms with Gasteiger partial charge in [-0.2, -0.15) is 8.42 Å². The van der Waals surface area contributed by atoms with Gasteiger partial charge in [0.15, 0.2) is 0 Å². The highest BCUT2D eigenvalue weighted by molar-refractivity contribution is 7.87. The number of hydrogen-bond acceptors (Lipinski definition) is 6. The second-order valence-electron chi connectivity index (χ2n) is 9.13. The van der Waals surface area contributed by atoms with E-state index >= 15 is 0 Å². The van der Waals surface area contributed by atoms with Gasteiger partial charge in [0.25, 0.3) is 0 Å². The Morgan fingerprint density at radius 3 is 1.91 bits per heavy atom. The molecular weight excluding hydrogens is 448 g/mol. The van der Waals surface area contributed by atoms with Crippen LogP contribution in [0.1, 0.15) is 94.2 Å². The molecule has 0 bridgehead atoms. The molecule has 0 N–H and O–H groups in total. The van der Waals surface area contributed by atoms with E-state index in [0.717, 1.165) is 18.4 Å². The van der Waals surface area contributed by atoms with Gasteiger partial charge in [-0.05, 0) is 71.6 Å². The summed E-state index contributed by atoms with van der Waals surface area (Å²) in [6, 6.07) is 9.45. The van der Waals surface area contributed by atoms with Crippen LogP contribution in [0.3, 0.4) is 0 Å². The minimum absolute atomic E-state index is 0.0402. The van der Waals surface area contributed by atoms with Gasteiger partial charge >= 0.3 is 10.1 Å². The third-order valence-corrected chi connectivity index (χ3v) is 8.24. The summed E-state index contributed by atoms with van der Waals surface area (Å²) in [6.07, 6.45) is 5.87. The normalized spacial score (nSPS) is 16.0. The predicted molar refractivity (Wildman–Crippen MR) is 123 cm³/mol. The standard InChI is InChI=1S/C24H32O6S2/c1-16(2)21-15-24(31(25,26)27)22(17(3)4)14-23(21)30-32(28,29)20-12-10-19(11-13-20)18-8-6-5-7-9-18/h10-18H,5-9H2,1-4H3,(H,25,26,27)/p-1. The summed E-state index contributed by atoms with van der Waals surface area (Å²) >= 11 is 0. The van der Waals surface area contributed by atoms with Crippen molar-refractivity contribution >= 4 is 20.2 Å². The Bertz CT molecular complexity index is 1160. The molecule has 0 unspecified atom stereocenters. The fourth-order valence-corrected chi connectivity index (χ4v) is 6.09. The summed E-state index contributed by atoms with van der Waals surface area (Å²) in [4.78, 5) is -0.295. The van der Waals surface area contributed by atoms with Crippen LogP contribution in [0.25, 0.3) is 0 Å². The van der Waals surface area contributed by atoms with E-state index in [1.807, 2.05) is 12.1 Å². The molecule has 8 heteroatoms. The first-order valence-electron chi connectivity index (χ1n) is 11.1. The Morgan fingerprint density at radius 1 is 0.844 bits per heavy atom. The molecule has 32 heavy (non-hydrogen) atoms. The van der Waals surface area contributed by atoms with Gasteiger partial charge in [-0.15, -0.1) is 0 Å². The van der Waals surface area contributed by atoms with E-state index in [2.05, 4.69) is 0 Å². The smallest absolute Gasteiger partial charge is 0.339 e. The Hall–Kier alpha value is -1.90. The van der Waals surface area contributed by atoms with Gasteiger partial charge in [-0.25, -0.2) is 8.42 Å². The van der Waals surface area contributed by atoms with E-state index in [1.165, 1.54) is 31.4 Å². The zero-order valence-electron chi connectivity index (χ0n) is 19.0. The lowest BCUT2D eigenvalue weighted by Gasteiger charge is -2.22. The lowest BCUT2D eigenvalue weighted by molar-refractivity contribution is 0.443. The van der Waals surface area contributed by atoms with Crippen LogP contribution in [0.4, 0.5) is 0 Å². The van der Waals surface area contributed by atoms with E-state index in [4.69, 9.17) is 4.18 Å². The van der Waals surface area contributed by atoms with Crippen LogP contribution in [0.5, 0.6) is 5.75 Å². The minimum atomic E-state index is -4.72. The molecule has 0 amide bonds. The second-order valence-corrected chi connectivity index (χ2v) is 12.0. The first kappa shape index (κ1) is 24.7. The molecule has 2 aromatic rings. The average molecular weight is 480 g/mol. The lowest BCUT2D eigenvalue weighted by Crippen LogP contribution is -2.14. The minimum Gasteiger partial charge on any atom is -0.744 e. The van der Waals surface area contributed by atoms with Gasteiger partial charge in [0.05, 0.1) is 4.90 Å². The van der Waals surface area contributed by atoms with Crippen LogP contribution in [0.15, 0.2) is 46.2 Å². The highest BCUT2D eigenvalue weighted by Crippen LogP contribution is 2.37. The Kier molecular flexibility index (Phi) is 7.37. The molecule has 0 radical (unpaired) electrons. The van der Waals surface area contributed by atoms with Crippen molar-refractivity contribution in [3.63, 3.8) is 0 Å². The summed E-state index contributed by atoms with van der Waals surface area (Å²) in [5, 5.41) is 0. The van der Waals surface area contributed by atoms with Crippen LogP contribution in [0.2, 0.25) is 0 Å². The van der Waals surface area contributed by atoms with Crippen molar-refractivity contribution < 1.29 is 25.6 Å². The average Bonchev–Trinajstić information content (AvgIpc) is 2.73. The zero-order chi connectivity index (χ0) is 23.7. The molecule has 3 rings (SSSR count). The molecule has 0 saturated heterocycles. The van der Waals surface area contributed by atoms with Crippen molar-refractivity contribution in [2.45, 2.75) is 87.3 Å². The Balaban J connectivity index is 1.98. The van der Waals surface area contributed by atoms with Gasteiger partial charge < -0.3 is 8.74 Å². The maximum atomic E-state index is 13.0. The Labute approximate surface area is 191 Å². The lowest BCUT2D eigenvalue weighted by atomic mass is 9.84. The molecule has 6 nitrogen and oxygen atoms in total. The van der Waals surface area contributed by atoms with Crippen molar-refractivity contribution in [3.05, 3.63) is 53.1 Å². The molecule has 1 saturated carbocycles. The first-order chi connectivity index (χ1) is 14.9. The molecule has 0 spiro atoms. The molecule has 1 aliphatic rings. The maximum Gasteiger partial charge on any atom is 0.339 e.